The summed E-state index contributed by atoms with van der Waals surface area (Å²) in [6.07, 6.45) is 0.416. The van der Waals surface area contributed by atoms with Crippen LogP contribution in [0.1, 0.15) is 21.5 Å². The van der Waals surface area contributed by atoms with Crippen molar-refractivity contribution in [1.82, 2.24) is 5.32 Å². The molecule has 4 rings (SSSR count). The quantitative estimate of drug-likeness (QED) is 0.858. The van der Waals surface area contributed by atoms with Crippen molar-refractivity contribution >= 4 is 23.2 Å². The molecule has 98 valence electrons. The molecule has 2 amide bonds. The van der Waals surface area contributed by atoms with E-state index in [-0.39, 0.29) is 11.8 Å². The molecule has 0 saturated heterocycles. The van der Waals surface area contributed by atoms with Gasteiger partial charge in [-0.05, 0) is 29.3 Å². The largest absolute Gasteiger partial charge is 0.348 e. The summed E-state index contributed by atoms with van der Waals surface area (Å²) >= 11 is 0. The summed E-state index contributed by atoms with van der Waals surface area (Å²) in [5, 5.41) is 2.79. The monoisotopic (exact) mass is 264 g/mol. The first-order chi connectivity index (χ1) is 9.74. The Labute approximate surface area is 116 Å². The SMILES string of the molecule is O=C1NCc2ccc(N3C(=O)Cc4ccccc43)cc21. The Morgan fingerprint density at radius 3 is 2.75 bits per heavy atom. The highest BCUT2D eigenvalue weighted by Crippen LogP contribution is 2.36. The Hall–Kier alpha value is -2.62. The Balaban J connectivity index is 1.84. The molecule has 4 nitrogen and oxygen atoms in total. The van der Waals surface area contributed by atoms with Gasteiger partial charge in [0.25, 0.3) is 5.91 Å². The highest BCUT2D eigenvalue weighted by Gasteiger charge is 2.29. The minimum absolute atomic E-state index is 0.0459. The van der Waals surface area contributed by atoms with Crippen LogP contribution in [-0.4, -0.2) is 11.8 Å². The predicted octanol–water partition coefficient (Wildman–Crippen LogP) is 2.15. The average Bonchev–Trinajstić information content (AvgIpc) is 2.98. The standard InChI is InChI=1S/C16H12N2O2/c19-15-7-10-3-1-2-4-14(10)18(15)12-6-5-11-9-17-16(20)13(11)8-12/h1-6,8H,7,9H2,(H,17,20). The van der Waals surface area contributed by atoms with Crippen LogP contribution < -0.4 is 10.2 Å². The average molecular weight is 264 g/mol. The number of fused-ring (bicyclic) bond motifs is 2. The smallest absolute Gasteiger partial charge is 0.251 e. The van der Waals surface area contributed by atoms with Gasteiger partial charge in [0.2, 0.25) is 5.91 Å². The maximum absolute atomic E-state index is 12.2. The first kappa shape index (κ1) is 11.2. The Morgan fingerprint density at radius 1 is 1.00 bits per heavy atom. The second kappa shape index (κ2) is 3.93. The van der Waals surface area contributed by atoms with E-state index in [4.69, 9.17) is 0 Å². The topological polar surface area (TPSA) is 49.4 Å². The number of nitrogens with one attached hydrogen (secondary N) is 1. The molecular weight excluding hydrogens is 252 g/mol. The van der Waals surface area contributed by atoms with Crippen LogP contribution in [-0.2, 0) is 17.8 Å². The van der Waals surface area contributed by atoms with Gasteiger partial charge in [0.1, 0.15) is 0 Å². The van der Waals surface area contributed by atoms with Gasteiger partial charge < -0.3 is 5.32 Å². The number of carbonyl (C=O) groups excluding carboxylic acids is 2. The molecule has 0 unspecified atom stereocenters. The molecule has 0 fully saturated rings. The van der Waals surface area contributed by atoms with Crippen molar-refractivity contribution in [3.05, 3.63) is 59.2 Å². The lowest BCUT2D eigenvalue weighted by Gasteiger charge is -2.18. The fourth-order valence-electron chi connectivity index (χ4n) is 2.88. The maximum atomic E-state index is 12.2. The molecule has 2 aliphatic rings. The zero-order chi connectivity index (χ0) is 13.7. The van der Waals surface area contributed by atoms with Crippen molar-refractivity contribution in [3.63, 3.8) is 0 Å². The van der Waals surface area contributed by atoms with Crippen molar-refractivity contribution in [3.8, 4) is 0 Å². The molecule has 0 aromatic heterocycles. The van der Waals surface area contributed by atoms with Gasteiger partial charge in [-0.25, -0.2) is 0 Å². The van der Waals surface area contributed by atoms with Gasteiger partial charge in [-0.3, -0.25) is 14.5 Å². The summed E-state index contributed by atoms with van der Waals surface area (Å²) < 4.78 is 0. The minimum Gasteiger partial charge on any atom is -0.348 e. The van der Waals surface area contributed by atoms with E-state index in [1.807, 2.05) is 36.4 Å². The number of benzene rings is 2. The molecule has 0 aliphatic carbocycles. The zero-order valence-electron chi connectivity index (χ0n) is 10.7. The van der Waals surface area contributed by atoms with Gasteiger partial charge in [0.15, 0.2) is 0 Å². The van der Waals surface area contributed by atoms with Crippen LogP contribution >= 0.6 is 0 Å². The summed E-state index contributed by atoms with van der Waals surface area (Å²) in [5.74, 6) is -0.0219. The third-order valence-corrected chi connectivity index (χ3v) is 3.86. The normalized spacial score (nSPS) is 16.1. The number of hydrogen-bond acceptors (Lipinski definition) is 2. The zero-order valence-corrected chi connectivity index (χ0v) is 10.7. The molecule has 20 heavy (non-hydrogen) atoms. The number of amides is 2. The number of carbonyl (C=O) groups is 2. The fraction of sp³-hybridized carbons (Fsp3) is 0.125. The third-order valence-electron chi connectivity index (χ3n) is 3.86. The van der Waals surface area contributed by atoms with Crippen LogP contribution in [0.3, 0.4) is 0 Å². The lowest BCUT2D eigenvalue weighted by atomic mass is 10.1. The number of para-hydroxylation sites is 1. The van der Waals surface area contributed by atoms with E-state index in [1.54, 1.807) is 11.0 Å². The number of rotatable bonds is 1. The van der Waals surface area contributed by atoms with Crippen LogP contribution in [0.25, 0.3) is 0 Å². The van der Waals surface area contributed by atoms with E-state index < -0.39 is 0 Å². The molecule has 0 radical (unpaired) electrons. The van der Waals surface area contributed by atoms with E-state index >= 15 is 0 Å². The third kappa shape index (κ3) is 1.48. The molecule has 2 heterocycles. The molecule has 0 saturated carbocycles. The van der Waals surface area contributed by atoms with Gasteiger partial charge >= 0.3 is 0 Å². The molecule has 2 aliphatic heterocycles. The first-order valence-electron chi connectivity index (χ1n) is 6.56. The van der Waals surface area contributed by atoms with Gasteiger partial charge in [-0.2, -0.15) is 0 Å². The van der Waals surface area contributed by atoms with Crippen molar-refractivity contribution in [2.75, 3.05) is 4.90 Å². The summed E-state index contributed by atoms with van der Waals surface area (Å²) in [6.45, 7) is 0.568. The van der Waals surface area contributed by atoms with Crippen LogP contribution in [0, 0.1) is 0 Å². The van der Waals surface area contributed by atoms with Gasteiger partial charge in [0.05, 0.1) is 12.1 Å². The molecule has 0 spiro atoms. The Kier molecular flexibility index (Phi) is 2.21. The van der Waals surface area contributed by atoms with E-state index in [0.717, 1.165) is 22.5 Å². The Bertz CT molecular complexity index is 752. The number of hydrogen-bond donors (Lipinski definition) is 1. The lowest BCUT2D eigenvalue weighted by Crippen LogP contribution is -2.21. The fourth-order valence-corrected chi connectivity index (χ4v) is 2.88. The lowest BCUT2D eigenvalue weighted by molar-refractivity contribution is -0.116. The van der Waals surface area contributed by atoms with Crippen molar-refractivity contribution in [2.45, 2.75) is 13.0 Å². The van der Waals surface area contributed by atoms with Gasteiger partial charge in [0, 0.05) is 17.8 Å². The van der Waals surface area contributed by atoms with Crippen LogP contribution in [0.15, 0.2) is 42.5 Å². The minimum atomic E-state index is -0.0678. The first-order valence-corrected chi connectivity index (χ1v) is 6.56. The molecule has 2 aromatic rings. The summed E-state index contributed by atoms with van der Waals surface area (Å²) in [7, 11) is 0. The maximum Gasteiger partial charge on any atom is 0.251 e. The summed E-state index contributed by atoms with van der Waals surface area (Å²) in [5.41, 5.74) is 4.35. The number of anilines is 2. The van der Waals surface area contributed by atoms with Crippen LogP contribution in [0.2, 0.25) is 0 Å². The highest BCUT2D eigenvalue weighted by atomic mass is 16.2. The second-order valence-electron chi connectivity index (χ2n) is 5.06. The van der Waals surface area contributed by atoms with E-state index in [2.05, 4.69) is 5.32 Å². The van der Waals surface area contributed by atoms with Crippen molar-refractivity contribution in [1.29, 1.82) is 0 Å². The van der Waals surface area contributed by atoms with Crippen LogP contribution in [0.4, 0.5) is 11.4 Å². The van der Waals surface area contributed by atoms with Crippen molar-refractivity contribution in [2.24, 2.45) is 0 Å². The molecule has 2 aromatic carbocycles. The van der Waals surface area contributed by atoms with Gasteiger partial charge in [-0.1, -0.05) is 24.3 Å². The molecular formula is C16H12N2O2. The summed E-state index contributed by atoms with van der Waals surface area (Å²) in [4.78, 5) is 25.7. The van der Waals surface area contributed by atoms with E-state index in [1.165, 1.54) is 0 Å². The molecule has 0 atom stereocenters. The summed E-state index contributed by atoms with van der Waals surface area (Å²) in [6, 6.07) is 13.4. The highest BCUT2D eigenvalue weighted by molar-refractivity contribution is 6.08. The van der Waals surface area contributed by atoms with Gasteiger partial charge in [-0.15, -0.1) is 0 Å². The Morgan fingerprint density at radius 2 is 1.85 bits per heavy atom. The second-order valence-corrected chi connectivity index (χ2v) is 5.06. The van der Waals surface area contributed by atoms with Crippen molar-refractivity contribution < 1.29 is 9.59 Å². The molecule has 4 heteroatoms. The van der Waals surface area contributed by atoms with Crippen LogP contribution in [0.5, 0.6) is 0 Å². The molecule has 1 N–H and O–H groups in total. The van der Waals surface area contributed by atoms with E-state index in [9.17, 15) is 9.59 Å². The predicted molar refractivity (Wildman–Crippen MR) is 74.9 cm³/mol. The molecule has 0 bridgehead atoms. The van der Waals surface area contributed by atoms with E-state index in [0.29, 0.717) is 18.5 Å². The number of nitrogens with zero attached hydrogens (tertiary/aromatic N) is 1.